The Morgan fingerprint density at radius 2 is 1.96 bits per heavy atom. The van der Waals surface area contributed by atoms with Gasteiger partial charge in [0.1, 0.15) is 11.6 Å². The standard InChI is InChI=1S/C19H15BrF4N2O2/c20-11-8-14-16(9-12(11)21)28-15-6-2-1-4-10(15)17-13(5-3-7-26(14)17)25-18(27)19(22,23)24/h1-2,4,6,8-9,13,17H,3,5,7H2,(H,25,27)/t13-,17-/m1/s1. The first-order valence-electron chi connectivity index (χ1n) is 8.66. The molecule has 0 radical (unpaired) electrons. The van der Waals surface area contributed by atoms with Crippen molar-refractivity contribution in [3.05, 3.63) is 52.3 Å². The Labute approximate surface area is 166 Å². The van der Waals surface area contributed by atoms with Crippen LogP contribution in [0.25, 0.3) is 0 Å². The number of carbonyl (C=O) groups excluding carboxylic acids is 1. The molecule has 1 N–H and O–H groups in total. The highest BCUT2D eigenvalue weighted by Gasteiger charge is 2.44. The second-order valence-electron chi connectivity index (χ2n) is 6.73. The molecule has 2 aliphatic heterocycles. The lowest BCUT2D eigenvalue weighted by Crippen LogP contribution is -2.52. The summed E-state index contributed by atoms with van der Waals surface area (Å²) in [6.45, 7) is 0.534. The summed E-state index contributed by atoms with van der Waals surface area (Å²) in [6, 6.07) is 8.37. The lowest BCUT2D eigenvalue weighted by Gasteiger charge is -2.42. The zero-order chi connectivity index (χ0) is 20.1. The molecule has 4 nitrogen and oxygen atoms in total. The molecule has 0 unspecified atom stereocenters. The van der Waals surface area contributed by atoms with Crippen LogP contribution in [0.1, 0.15) is 24.4 Å². The van der Waals surface area contributed by atoms with Crippen molar-refractivity contribution in [3.8, 4) is 11.5 Å². The van der Waals surface area contributed by atoms with Crippen LogP contribution >= 0.6 is 15.9 Å². The number of para-hydroxylation sites is 1. The molecule has 28 heavy (non-hydrogen) atoms. The Kier molecular flexibility index (Phi) is 4.73. The van der Waals surface area contributed by atoms with Gasteiger partial charge in [0.05, 0.1) is 22.2 Å². The first kappa shape index (κ1) is 19.0. The van der Waals surface area contributed by atoms with Crippen molar-refractivity contribution in [1.29, 1.82) is 0 Å². The Morgan fingerprint density at radius 1 is 1.21 bits per heavy atom. The van der Waals surface area contributed by atoms with Crippen LogP contribution in [-0.4, -0.2) is 24.7 Å². The number of hydrogen-bond donors (Lipinski definition) is 1. The van der Waals surface area contributed by atoms with Gasteiger partial charge in [-0.3, -0.25) is 4.79 Å². The summed E-state index contributed by atoms with van der Waals surface area (Å²) in [5, 5.41) is 2.14. The Bertz CT molecular complexity index is 935. The van der Waals surface area contributed by atoms with Gasteiger partial charge in [-0.15, -0.1) is 0 Å². The van der Waals surface area contributed by atoms with Crippen LogP contribution in [0.15, 0.2) is 40.9 Å². The molecule has 0 spiro atoms. The molecule has 1 saturated heterocycles. The Hall–Kier alpha value is -2.29. The molecule has 2 aromatic rings. The van der Waals surface area contributed by atoms with Crippen molar-refractivity contribution in [1.82, 2.24) is 5.32 Å². The number of alkyl halides is 3. The number of rotatable bonds is 1. The van der Waals surface area contributed by atoms with Crippen LogP contribution in [-0.2, 0) is 4.79 Å². The van der Waals surface area contributed by atoms with Gasteiger partial charge in [0.2, 0.25) is 0 Å². The van der Waals surface area contributed by atoms with E-state index in [0.717, 1.165) is 0 Å². The number of benzene rings is 2. The van der Waals surface area contributed by atoms with Crippen LogP contribution in [0.3, 0.4) is 0 Å². The molecule has 4 rings (SSSR count). The summed E-state index contributed by atoms with van der Waals surface area (Å²) in [5.41, 5.74) is 1.20. The molecular formula is C19H15BrF4N2O2. The Morgan fingerprint density at radius 3 is 2.71 bits per heavy atom. The Balaban J connectivity index is 1.83. The number of amides is 1. The molecular weight excluding hydrogens is 444 g/mol. The summed E-state index contributed by atoms with van der Waals surface area (Å²) in [4.78, 5) is 13.5. The van der Waals surface area contributed by atoms with Crippen molar-refractivity contribution < 1.29 is 27.1 Å². The monoisotopic (exact) mass is 458 g/mol. The molecule has 0 saturated carbocycles. The van der Waals surface area contributed by atoms with Crippen molar-refractivity contribution in [2.45, 2.75) is 31.1 Å². The van der Waals surface area contributed by atoms with Crippen LogP contribution in [0.2, 0.25) is 0 Å². The molecule has 2 aromatic carbocycles. The molecule has 0 aromatic heterocycles. The van der Waals surface area contributed by atoms with Crippen LogP contribution in [0, 0.1) is 5.82 Å². The van der Waals surface area contributed by atoms with Crippen LogP contribution in [0.4, 0.5) is 23.2 Å². The lowest BCUT2D eigenvalue weighted by atomic mass is 9.89. The van der Waals surface area contributed by atoms with Crippen molar-refractivity contribution >= 4 is 27.5 Å². The van der Waals surface area contributed by atoms with Gasteiger partial charge in [-0.05, 0) is 40.9 Å². The minimum absolute atomic E-state index is 0.223. The molecule has 1 fully saturated rings. The van der Waals surface area contributed by atoms with Crippen molar-refractivity contribution in [2.75, 3.05) is 11.4 Å². The van der Waals surface area contributed by atoms with E-state index in [-0.39, 0.29) is 10.2 Å². The van der Waals surface area contributed by atoms with E-state index in [2.05, 4.69) is 21.2 Å². The predicted molar refractivity (Wildman–Crippen MR) is 97.9 cm³/mol. The summed E-state index contributed by atoms with van der Waals surface area (Å²) < 4.78 is 58.8. The first-order chi connectivity index (χ1) is 13.3. The van der Waals surface area contributed by atoms with Gasteiger partial charge in [0, 0.05) is 18.2 Å². The zero-order valence-corrected chi connectivity index (χ0v) is 16.0. The number of nitrogens with one attached hydrogen (secondary N) is 1. The van der Waals surface area contributed by atoms with E-state index in [9.17, 15) is 22.4 Å². The number of anilines is 1. The second kappa shape index (κ2) is 6.95. The number of piperidine rings is 1. The van der Waals surface area contributed by atoms with Gasteiger partial charge in [-0.2, -0.15) is 13.2 Å². The summed E-state index contributed by atoms with van der Waals surface area (Å²) >= 11 is 3.16. The number of fused-ring (bicyclic) bond motifs is 5. The van der Waals surface area contributed by atoms with Gasteiger partial charge in [-0.25, -0.2) is 4.39 Å². The van der Waals surface area contributed by atoms with E-state index in [1.165, 1.54) is 6.07 Å². The molecule has 148 valence electrons. The number of halogens is 5. The van der Waals surface area contributed by atoms with Crippen molar-refractivity contribution in [2.24, 2.45) is 0 Å². The number of nitrogens with zero attached hydrogens (tertiary/aromatic N) is 1. The maximum absolute atomic E-state index is 14.1. The van der Waals surface area contributed by atoms with E-state index in [4.69, 9.17) is 4.74 Å². The van der Waals surface area contributed by atoms with E-state index in [1.807, 2.05) is 4.90 Å². The highest BCUT2D eigenvalue weighted by atomic mass is 79.9. The fourth-order valence-electron chi connectivity index (χ4n) is 3.81. The maximum atomic E-state index is 14.1. The smallest absolute Gasteiger partial charge is 0.455 e. The van der Waals surface area contributed by atoms with Gasteiger partial charge >= 0.3 is 12.1 Å². The average Bonchev–Trinajstić information content (AvgIpc) is 2.77. The van der Waals surface area contributed by atoms with Gasteiger partial charge in [0.25, 0.3) is 0 Å². The third-order valence-electron chi connectivity index (χ3n) is 4.97. The lowest BCUT2D eigenvalue weighted by molar-refractivity contribution is -0.174. The third kappa shape index (κ3) is 3.32. The predicted octanol–water partition coefficient (Wildman–Crippen LogP) is 5.08. The topological polar surface area (TPSA) is 41.6 Å². The van der Waals surface area contributed by atoms with E-state index in [1.54, 1.807) is 30.3 Å². The molecule has 9 heteroatoms. The zero-order valence-electron chi connectivity index (χ0n) is 14.4. The number of ether oxygens (including phenoxy) is 1. The molecule has 0 aliphatic carbocycles. The van der Waals surface area contributed by atoms with Crippen LogP contribution in [0.5, 0.6) is 11.5 Å². The van der Waals surface area contributed by atoms with Gasteiger partial charge in [-0.1, -0.05) is 18.2 Å². The SMILES string of the molecule is O=C(N[C@@H]1CCCN2c3cc(Br)c(F)cc3Oc3ccccc3[C@H]12)C(F)(F)F. The van der Waals surface area contributed by atoms with Gasteiger partial charge < -0.3 is 15.0 Å². The normalized spacial score (nSPS) is 21.0. The summed E-state index contributed by atoms with van der Waals surface area (Å²) in [6.07, 6.45) is -4.02. The highest BCUT2D eigenvalue weighted by Crippen LogP contribution is 2.48. The van der Waals surface area contributed by atoms with Crippen molar-refractivity contribution in [3.63, 3.8) is 0 Å². The molecule has 2 aliphatic rings. The van der Waals surface area contributed by atoms with E-state index < -0.39 is 30.0 Å². The number of carbonyl (C=O) groups is 1. The highest BCUT2D eigenvalue weighted by molar-refractivity contribution is 9.10. The van der Waals surface area contributed by atoms with Crippen LogP contribution < -0.4 is 15.0 Å². The fourth-order valence-corrected chi connectivity index (χ4v) is 4.14. The molecule has 2 heterocycles. The molecule has 1 amide bonds. The third-order valence-corrected chi connectivity index (χ3v) is 5.58. The van der Waals surface area contributed by atoms with E-state index in [0.29, 0.717) is 36.4 Å². The largest absolute Gasteiger partial charge is 0.471 e. The number of hydrogen-bond acceptors (Lipinski definition) is 3. The van der Waals surface area contributed by atoms with Gasteiger partial charge in [0.15, 0.2) is 5.75 Å². The first-order valence-corrected chi connectivity index (χ1v) is 9.45. The quantitative estimate of drug-likeness (QED) is 0.605. The molecule has 0 bridgehead atoms. The molecule has 2 atom stereocenters. The maximum Gasteiger partial charge on any atom is 0.471 e. The van der Waals surface area contributed by atoms with E-state index >= 15 is 0 Å². The minimum atomic E-state index is -4.97. The minimum Gasteiger partial charge on any atom is -0.455 e. The second-order valence-corrected chi connectivity index (χ2v) is 7.59. The average molecular weight is 459 g/mol. The summed E-state index contributed by atoms with van der Waals surface area (Å²) in [7, 11) is 0. The fraction of sp³-hybridized carbons (Fsp3) is 0.316. The summed E-state index contributed by atoms with van der Waals surface area (Å²) in [5.74, 6) is -1.78.